The number of likely N-dealkylation sites (N-methyl/N-ethyl adjacent to an activating group) is 1. The van der Waals surface area contributed by atoms with Crippen LogP contribution in [-0.4, -0.2) is 63.6 Å². The van der Waals surface area contributed by atoms with Crippen LogP contribution in [-0.2, 0) is 15.9 Å². The number of ether oxygens (including phenoxy) is 3. The van der Waals surface area contributed by atoms with Gasteiger partial charge in [-0.1, -0.05) is 0 Å². The van der Waals surface area contributed by atoms with Crippen LogP contribution in [0.5, 0.6) is 5.75 Å². The van der Waals surface area contributed by atoms with Gasteiger partial charge in [-0.15, -0.1) is 0 Å². The topological polar surface area (TPSA) is 52.9 Å². The number of hydrogen-bond acceptors (Lipinski definition) is 5. The first-order chi connectivity index (χ1) is 11.1. The summed E-state index contributed by atoms with van der Waals surface area (Å²) in [7, 11) is 7.26. The Kier molecular flexibility index (Phi) is 6.01. The second-order valence-corrected chi connectivity index (χ2v) is 5.57. The van der Waals surface area contributed by atoms with E-state index in [9.17, 15) is 4.79 Å². The monoisotopic (exact) mass is 320 g/mol. The van der Waals surface area contributed by atoms with Crippen LogP contribution in [0.2, 0.25) is 0 Å². The predicted octanol–water partition coefficient (Wildman–Crippen LogP) is 2.39. The van der Waals surface area contributed by atoms with Gasteiger partial charge in [0.25, 0.3) is 0 Å². The lowest BCUT2D eigenvalue weighted by atomic mass is 10.1. The molecule has 0 atom stereocenters. The molecule has 2 rings (SSSR count). The third-order valence-corrected chi connectivity index (χ3v) is 3.63. The van der Waals surface area contributed by atoms with Crippen molar-refractivity contribution in [1.82, 2.24) is 9.47 Å². The molecule has 6 heteroatoms. The lowest BCUT2D eigenvalue weighted by molar-refractivity contribution is 0.100. The Hall–Kier alpha value is -2.05. The Bertz CT molecular complexity index is 664. The molecule has 0 unspecified atom stereocenters. The molecular formula is C17H24N2O4. The van der Waals surface area contributed by atoms with Crippen LogP contribution in [0.3, 0.4) is 0 Å². The van der Waals surface area contributed by atoms with Gasteiger partial charge in [0.1, 0.15) is 12.4 Å². The van der Waals surface area contributed by atoms with E-state index in [-0.39, 0.29) is 6.61 Å². The Morgan fingerprint density at radius 2 is 2.00 bits per heavy atom. The molecule has 2 aromatic rings. The highest BCUT2D eigenvalue weighted by Crippen LogP contribution is 2.26. The van der Waals surface area contributed by atoms with E-state index in [0.717, 1.165) is 35.2 Å². The molecule has 6 nitrogen and oxygen atoms in total. The van der Waals surface area contributed by atoms with Crippen LogP contribution >= 0.6 is 0 Å². The normalized spacial score (nSPS) is 11.2. The predicted molar refractivity (Wildman–Crippen MR) is 89.4 cm³/mol. The Morgan fingerprint density at radius 1 is 1.22 bits per heavy atom. The number of nitrogens with zero attached hydrogens (tertiary/aromatic N) is 2. The molecule has 1 aromatic heterocycles. The summed E-state index contributed by atoms with van der Waals surface area (Å²) in [5.74, 6) is 0.772. The largest absolute Gasteiger partial charge is 0.497 e. The molecule has 0 aliphatic heterocycles. The fraction of sp³-hybridized carbons (Fsp3) is 0.471. The summed E-state index contributed by atoms with van der Waals surface area (Å²) in [6.07, 6.45) is 2.30. The number of rotatable bonds is 7. The minimum atomic E-state index is -0.395. The molecule has 1 aromatic carbocycles. The Morgan fingerprint density at radius 3 is 2.65 bits per heavy atom. The van der Waals surface area contributed by atoms with E-state index >= 15 is 0 Å². The highest BCUT2D eigenvalue weighted by Gasteiger charge is 2.15. The summed E-state index contributed by atoms with van der Waals surface area (Å²) in [5, 5.41) is 1.01. The van der Waals surface area contributed by atoms with Gasteiger partial charge >= 0.3 is 6.09 Å². The fourth-order valence-corrected chi connectivity index (χ4v) is 2.38. The molecule has 0 aliphatic carbocycles. The van der Waals surface area contributed by atoms with Gasteiger partial charge in [-0.2, -0.15) is 0 Å². The van der Waals surface area contributed by atoms with Gasteiger partial charge in [0.05, 0.1) is 19.2 Å². The molecule has 0 aliphatic rings. The van der Waals surface area contributed by atoms with Crippen molar-refractivity contribution < 1.29 is 19.0 Å². The molecule has 1 heterocycles. The highest BCUT2D eigenvalue weighted by atomic mass is 16.6. The summed E-state index contributed by atoms with van der Waals surface area (Å²) < 4.78 is 17.0. The molecule has 126 valence electrons. The maximum atomic E-state index is 12.3. The van der Waals surface area contributed by atoms with Crippen molar-refractivity contribution >= 4 is 17.0 Å². The maximum absolute atomic E-state index is 12.3. The second-order valence-electron chi connectivity index (χ2n) is 5.57. The van der Waals surface area contributed by atoms with Crippen LogP contribution in [0.15, 0.2) is 24.4 Å². The average Bonchev–Trinajstić information content (AvgIpc) is 2.91. The minimum Gasteiger partial charge on any atom is -0.497 e. The van der Waals surface area contributed by atoms with Gasteiger partial charge in [0.15, 0.2) is 0 Å². The zero-order valence-electron chi connectivity index (χ0n) is 14.2. The molecule has 0 saturated carbocycles. The lowest BCUT2D eigenvalue weighted by Gasteiger charge is -2.08. The third-order valence-electron chi connectivity index (χ3n) is 3.63. The molecule has 0 bridgehead atoms. The van der Waals surface area contributed by atoms with E-state index < -0.39 is 6.09 Å². The standard InChI is InChI=1S/C17H24N2O4/c1-18(2)8-7-13-12-19(17(20)23-10-9-21-3)16-6-5-14(22-4)11-15(13)16/h5-6,11-12H,7-10H2,1-4H3. The van der Waals surface area contributed by atoms with Crippen LogP contribution in [0, 0.1) is 0 Å². The summed E-state index contributed by atoms with van der Waals surface area (Å²) in [6.45, 7) is 1.51. The van der Waals surface area contributed by atoms with Crippen molar-refractivity contribution in [3.63, 3.8) is 0 Å². The first-order valence-corrected chi connectivity index (χ1v) is 7.55. The molecule has 0 saturated heterocycles. The van der Waals surface area contributed by atoms with Crippen LogP contribution in [0.25, 0.3) is 10.9 Å². The molecule has 23 heavy (non-hydrogen) atoms. The molecule has 0 amide bonds. The van der Waals surface area contributed by atoms with Gasteiger partial charge in [0.2, 0.25) is 0 Å². The van der Waals surface area contributed by atoms with Crippen LogP contribution in [0.1, 0.15) is 5.56 Å². The Balaban J connectivity index is 2.34. The van der Waals surface area contributed by atoms with Crippen molar-refractivity contribution in [1.29, 1.82) is 0 Å². The molecule has 0 N–H and O–H groups in total. The molecule has 0 fully saturated rings. The number of aromatic nitrogens is 1. The zero-order valence-corrected chi connectivity index (χ0v) is 14.2. The van der Waals surface area contributed by atoms with E-state index in [0.29, 0.717) is 6.61 Å². The smallest absolute Gasteiger partial charge is 0.418 e. The maximum Gasteiger partial charge on any atom is 0.418 e. The molecular weight excluding hydrogens is 296 g/mol. The zero-order chi connectivity index (χ0) is 16.8. The summed E-state index contributed by atoms with van der Waals surface area (Å²) in [4.78, 5) is 14.4. The number of carbonyl (C=O) groups is 1. The fourth-order valence-electron chi connectivity index (χ4n) is 2.38. The van der Waals surface area contributed by atoms with E-state index in [2.05, 4.69) is 4.90 Å². The van der Waals surface area contributed by atoms with Crippen molar-refractivity contribution in [3.8, 4) is 5.75 Å². The van der Waals surface area contributed by atoms with Crippen molar-refractivity contribution in [2.45, 2.75) is 6.42 Å². The molecule has 0 spiro atoms. The first-order valence-electron chi connectivity index (χ1n) is 7.55. The first kappa shape index (κ1) is 17.3. The number of benzene rings is 1. The van der Waals surface area contributed by atoms with Gasteiger partial charge in [-0.3, -0.25) is 4.57 Å². The third kappa shape index (κ3) is 4.24. The van der Waals surface area contributed by atoms with Gasteiger partial charge in [-0.05, 0) is 44.3 Å². The summed E-state index contributed by atoms with van der Waals surface area (Å²) in [6, 6.07) is 5.68. The minimum absolute atomic E-state index is 0.234. The average molecular weight is 320 g/mol. The SMILES string of the molecule is COCCOC(=O)n1cc(CCN(C)C)c2cc(OC)ccc21. The van der Waals surface area contributed by atoms with E-state index in [1.54, 1.807) is 18.8 Å². The number of carbonyl (C=O) groups excluding carboxylic acids is 1. The molecule has 0 radical (unpaired) electrons. The van der Waals surface area contributed by atoms with Crippen LogP contribution < -0.4 is 4.74 Å². The van der Waals surface area contributed by atoms with Gasteiger partial charge in [0, 0.05) is 25.2 Å². The number of hydrogen-bond donors (Lipinski definition) is 0. The van der Waals surface area contributed by atoms with Gasteiger partial charge in [-0.25, -0.2) is 4.79 Å². The number of fused-ring (bicyclic) bond motifs is 1. The van der Waals surface area contributed by atoms with E-state index in [1.807, 2.05) is 38.5 Å². The Labute approximate surface area is 136 Å². The van der Waals surface area contributed by atoms with Crippen molar-refractivity contribution in [2.24, 2.45) is 0 Å². The summed E-state index contributed by atoms with van der Waals surface area (Å²) in [5.41, 5.74) is 1.92. The highest BCUT2D eigenvalue weighted by molar-refractivity contribution is 5.92. The van der Waals surface area contributed by atoms with Crippen molar-refractivity contribution in [3.05, 3.63) is 30.0 Å². The van der Waals surface area contributed by atoms with Crippen LogP contribution in [0.4, 0.5) is 4.79 Å². The van der Waals surface area contributed by atoms with Gasteiger partial charge < -0.3 is 19.1 Å². The second kappa shape index (κ2) is 7.99. The van der Waals surface area contributed by atoms with Crippen molar-refractivity contribution in [2.75, 3.05) is 48.1 Å². The lowest BCUT2D eigenvalue weighted by Crippen LogP contribution is -2.16. The van der Waals surface area contributed by atoms with E-state index in [4.69, 9.17) is 14.2 Å². The quantitative estimate of drug-likeness (QED) is 0.733. The van der Waals surface area contributed by atoms with E-state index in [1.165, 1.54) is 0 Å². The number of methoxy groups -OCH3 is 2. The summed E-state index contributed by atoms with van der Waals surface area (Å²) >= 11 is 0.